The molecule has 42 valence electrons. The lowest BCUT2D eigenvalue weighted by atomic mass is 10.9. The van der Waals surface area contributed by atoms with Crippen LogP contribution in [-0.2, 0) is 9.63 Å². The Labute approximate surface area is 41.8 Å². The molecule has 0 aliphatic heterocycles. The molecule has 0 aromatic carbocycles. The van der Waals surface area contributed by atoms with E-state index in [4.69, 9.17) is 5.84 Å². The Morgan fingerprint density at radius 1 is 2.00 bits per heavy atom. The average Bonchev–Trinajstić information content (AvgIpc) is 1.68. The van der Waals surface area contributed by atoms with Gasteiger partial charge in [0.25, 0.3) is 0 Å². The van der Waals surface area contributed by atoms with Gasteiger partial charge in [-0.25, -0.2) is 5.84 Å². The number of rotatable bonds is 3. The highest BCUT2D eigenvalue weighted by molar-refractivity contribution is 5.43. The van der Waals surface area contributed by atoms with Gasteiger partial charge in [0.05, 0.1) is 6.61 Å². The largest absolute Gasteiger partial charge is 0.275 e. The van der Waals surface area contributed by atoms with Gasteiger partial charge in [0, 0.05) is 0 Å². The molecule has 0 saturated heterocycles. The number of nitrogens with zero attached hydrogens (tertiary/aromatic N) is 1. The van der Waals surface area contributed by atoms with Crippen LogP contribution in [-0.4, -0.2) is 18.2 Å². The summed E-state index contributed by atoms with van der Waals surface area (Å²) in [5.74, 6) is 4.83. The van der Waals surface area contributed by atoms with E-state index < -0.39 is 0 Å². The lowest BCUT2D eigenvalue weighted by Gasteiger charge is -2.05. The fraction of sp³-hybridized carbons (Fsp3) is 0.667. The van der Waals surface area contributed by atoms with Crippen molar-refractivity contribution in [1.82, 2.24) is 5.17 Å². The molecule has 0 radical (unpaired) electrons. The summed E-state index contributed by atoms with van der Waals surface area (Å²) >= 11 is 0. The molecule has 0 heterocycles. The number of hydrazine groups is 1. The zero-order valence-corrected chi connectivity index (χ0v) is 4.13. The molecule has 1 amide bonds. The molecule has 0 bridgehead atoms. The van der Waals surface area contributed by atoms with Gasteiger partial charge in [-0.3, -0.25) is 9.63 Å². The molecule has 0 atom stereocenters. The first-order valence-corrected chi connectivity index (χ1v) is 1.93. The van der Waals surface area contributed by atoms with Crippen LogP contribution >= 0.6 is 0 Å². The monoisotopic (exact) mass is 104 g/mol. The highest BCUT2D eigenvalue weighted by Crippen LogP contribution is 1.69. The topological polar surface area (TPSA) is 55.6 Å². The van der Waals surface area contributed by atoms with Gasteiger partial charge in [-0.15, -0.1) is 0 Å². The third-order valence-corrected chi connectivity index (χ3v) is 0.382. The lowest BCUT2D eigenvalue weighted by molar-refractivity contribution is -0.171. The second-order valence-corrected chi connectivity index (χ2v) is 0.883. The first-order valence-electron chi connectivity index (χ1n) is 1.93. The van der Waals surface area contributed by atoms with E-state index in [1.807, 2.05) is 0 Å². The fourth-order valence-electron chi connectivity index (χ4n) is 0.180. The summed E-state index contributed by atoms with van der Waals surface area (Å²) in [5.41, 5.74) is 0. The average molecular weight is 104 g/mol. The summed E-state index contributed by atoms with van der Waals surface area (Å²) in [6, 6.07) is 0. The maximum Gasteiger partial charge on any atom is 0.248 e. The van der Waals surface area contributed by atoms with E-state index in [-0.39, 0.29) is 0 Å². The highest BCUT2D eigenvalue weighted by Gasteiger charge is 1.85. The molecule has 7 heavy (non-hydrogen) atoms. The number of carbonyl (C=O) groups excluding carboxylic acids is 1. The standard InChI is InChI=1S/C3H8N2O2/c1-2-7-5(4)3-6/h3H,2,4H2,1H3. The molecule has 0 fully saturated rings. The van der Waals surface area contributed by atoms with Crippen molar-refractivity contribution in [3.8, 4) is 0 Å². The molecule has 2 N–H and O–H groups in total. The van der Waals surface area contributed by atoms with Gasteiger partial charge in [-0.1, -0.05) is 0 Å². The molecule has 0 spiro atoms. The molecule has 0 aliphatic rings. The van der Waals surface area contributed by atoms with Gasteiger partial charge in [0.1, 0.15) is 0 Å². The summed E-state index contributed by atoms with van der Waals surface area (Å²) in [5, 5.41) is 0.625. The first-order chi connectivity index (χ1) is 3.31. The summed E-state index contributed by atoms with van der Waals surface area (Å²) in [6.45, 7) is 2.15. The molecule has 0 aromatic rings. The van der Waals surface area contributed by atoms with Crippen LogP contribution in [0.15, 0.2) is 0 Å². The smallest absolute Gasteiger partial charge is 0.248 e. The number of hydrogen-bond acceptors (Lipinski definition) is 3. The molecular weight excluding hydrogens is 96.0 g/mol. The number of hydrogen-bond donors (Lipinski definition) is 1. The molecule has 0 saturated carbocycles. The van der Waals surface area contributed by atoms with Crippen molar-refractivity contribution in [2.75, 3.05) is 6.61 Å². The van der Waals surface area contributed by atoms with Gasteiger partial charge in [0.15, 0.2) is 0 Å². The minimum Gasteiger partial charge on any atom is -0.275 e. The molecule has 0 aromatic heterocycles. The van der Waals surface area contributed by atoms with Crippen LogP contribution in [0.25, 0.3) is 0 Å². The van der Waals surface area contributed by atoms with Crippen molar-refractivity contribution in [3.05, 3.63) is 0 Å². The molecule has 4 nitrogen and oxygen atoms in total. The third-order valence-electron chi connectivity index (χ3n) is 0.382. The molecule has 0 rings (SSSR count). The zero-order valence-electron chi connectivity index (χ0n) is 4.13. The van der Waals surface area contributed by atoms with Crippen molar-refractivity contribution >= 4 is 6.41 Å². The van der Waals surface area contributed by atoms with E-state index in [1.54, 1.807) is 6.92 Å². The van der Waals surface area contributed by atoms with Crippen molar-refractivity contribution in [1.29, 1.82) is 0 Å². The maximum absolute atomic E-state index is 9.57. The third kappa shape index (κ3) is 3.21. The van der Waals surface area contributed by atoms with Crippen LogP contribution in [0, 0.1) is 0 Å². The van der Waals surface area contributed by atoms with Crippen molar-refractivity contribution < 1.29 is 9.63 Å². The van der Waals surface area contributed by atoms with Gasteiger partial charge < -0.3 is 0 Å². The summed E-state index contributed by atoms with van der Waals surface area (Å²) < 4.78 is 0. The Morgan fingerprint density at radius 2 is 2.57 bits per heavy atom. The van der Waals surface area contributed by atoms with E-state index in [0.29, 0.717) is 18.2 Å². The number of hydroxylamine groups is 1. The molecule has 0 aliphatic carbocycles. The maximum atomic E-state index is 9.57. The van der Waals surface area contributed by atoms with Crippen molar-refractivity contribution in [2.45, 2.75) is 6.92 Å². The number of nitrogens with two attached hydrogens (primary N) is 1. The second kappa shape index (κ2) is 3.58. The van der Waals surface area contributed by atoms with Crippen molar-refractivity contribution in [3.63, 3.8) is 0 Å². The van der Waals surface area contributed by atoms with Crippen LogP contribution in [0.3, 0.4) is 0 Å². The quantitative estimate of drug-likeness (QED) is 0.222. The minimum absolute atomic E-state index is 0.392. The summed E-state index contributed by atoms with van der Waals surface area (Å²) in [6.07, 6.45) is 0.392. The van der Waals surface area contributed by atoms with Gasteiger partial charge >= 0.3 is 0 Å². The minimum atomic E-state index is 0.392. The zero-order chi connectivity index (χ0) is 5.70. The first kappa shape index (κ1) is 6.39. The van der Waals surface area contributed by atoms with E-state index in [2.05, 4.69) is 4.84 Å². The summed E-state index contributed by atoms with van der Waals surface area (Å²) in [7, 11) is 0. The Kier molecular flexibility index (Phi) is 3.26. The highest BCUT2D eigenvalue weighted by atomic mass is 16.7. The van der Waals surface area contributed by atoms with E-state index in [1.165, 1.54) is 0 Å². The van der Waals surface area contributed by atoms with Crippen LogP contribution in [0.2, 0.25) is 0 Å². The predicted octanol–water partition coefficient (Wildman–Crippen LogP) is -0.730. The summed E-state index contributed by atoms with van der Waals surface area (Å²) in [4.78, 5) is 14.0. The Hall–Kier alpha value is -0.610. The number of carbonyl (C=O) groups is 1. The SMILES string of the molecule is CCON(N)C=O. The van der Waals surface area contributed by atoms with Crippen LogP contribution in [0.1, 0.15) is 6.92 Å². The Balaban J connectivity index is 2.98. The van der Waals surface area contributed by atoms with Gasteiger partial charge in [0.2, 0.25) is 6.41 Å². The number of amides is 1. The van der Waals surface area contributed by atoms with Gasteiger partial charge in [-0.05, 0) is 6.92 Å². The van der Waals surface area contributed by atoms with Crippen LogP contribution in [0.5, 0.6) is 0 Å². The van der Waals surface area contributed by atoms with Crippen LogP contribution < -0.4 is 5.84 Å². The van der Waals surface area contributed by atoms with E-state index in [0.717, 1.165) is 0 Å². The molecule has 0 unspecified atom stereocenters. The van der Waals surface area contributed by atoms with E-state index >= 15 is 0 Å². The fourth-order valence-corrected chi connectivity index (χ4v) is 0.180. The van der Waals surface area contributed by atoms with Gasteiger partial charge in [-0.2, -0.15) is 5.17 Å². The second-order valence-electron chi connectivity index (χ2n) is 0.883. The normalized spacial score (nSPS) is 8.29. The van der Waals surface area contributed by atoms with E-state index in [9.17, 15) is 4.79 Å². The van der Waals surface area contributed by atoms with Crippen LogP contribution in [0.4, 0.5) is 0 Å². The predicted molar refractivity (Wildman–Crippen MR) is 23.7 cm³/mol. The Bertz CT molecular complexity index is 56.9. The Morgan fingerprint density at radius 3 is 2.71 bits per heavy atom. The molecular formula is C3H8N2O2. The van der Waals surface area contributed by atoms with Crippen molar-refractivity contribution in [2.24, 2.45) is 5.84 Å². The molecule has 4 heteroatoms. The lowest BCUT2D eigenvalue weighted by Crippen LogP contribution is -2.29.